The Morgan fingerprint density at radius 2 is 1.74 bits per heavy atom. The highest BCUT2D eigenvalue weighted by atomic mass is 31.2. The Balaban J connectivity index is 0.971. The lowest BCUT2D eigenvalue weighted by atomic mass is 10.1. The zero-order valence-corrected chi connectivity index (χ0v) is 32.7. The first-order valence-corrected chi connectivity index (χ1v) is 19.5. The molecule has 1 fully saturated rings. The number of phosphoric ester groups is 1. The lowest BCUT2D eigenvalue weighted by Gasteiger charge is -2.24. The van der Waals surface area contributed by atoms with Crippen molar-refractivity contribution in [1.29, 1.82) is 0 Å². The molecule has 5 aromatic rings. The molecule has 62 heavy (non-hydrogen) atoms. The second-order valence-corrected chi connectivity index (χ2v) is 14.9. The first-order chi connectivity index (χ1) is 29.3. The molecular weight excluding hydrogens is 852 g/mol. The summed E-state index contributed by atoms with van der Waals surface area (Å²) in [6, 6.07) is 2.21. The molecule has 8 atom stereocenters. The molecule has 1 saturated heterocycles. The average molecular weight is 890 g/mol. The van der Waals surface area contributed by atoms with E-state index in [2.05, 4.69) is 50.8 Å². The number of aromatic amines is 1. The third kappa shape index (κ3) is 10.4. The Morgan fingerprint density at radius 3 is 2.44 bits per heavy atom. The van der Waals surface area contributed by atoms with E-state index in [0.717, 1.165) is 17.8 Å². The number of amides is 2. The van der Waals surface area contributed by atoms with Crippen molar-refractivity contribution in [3.63, 3.8) is 0 Å². The average Bonchev–Trinajstić information content (AvgIpc) is 3.75. The number of H-pyrrole nitrogens is 1. The van der Waals surface area contributed by atoms with Crippen LogP contribution in [0.25, 0.3) is 22.3 Å². The van der Waals surface area contributed by atoms with Gasteiger partial charge in [-0.15, -0.1) is 0 Å². The number of halogens is 1. The molecule has 2 amide bonds. The monoisotopic (exact) mass is 889 g/mol. The number of aromatic nitrogens is 8. The van der Waals surface area contributed by atoms with Crippen molar-refractivity contribution in [2.45, 2.75) is 69.0 Å². The number of aliphatic carboxylic acids is 2. The molecule has 1 aliphatic heterocycles. The third-order valence-corrected chi connectivity index (χ3v) is 10.2. The van der Waals surface area contributed by atoms with Gasteiger partial charge in [-0.3, -0.25) is 33.0 Å². The number of aliphatic hydroxyl groups excluding tert-OH is 2. The third-order valence-electron chi connectivity index (χ3n) is 9.16. The maximum Gasteiger partial charge on any atom is 0.472 e. The van der Waals surface area contributed by atoms with Crippen molar-refractivity contribution in [2.75, 3.05) is 23.4 Å². The molecule has 0 spiro atoms. The van der Waals surface area contributed by atoms with Gasteiger partial charge in [-0.1, -0.05) is 0 Å². The van der Waals surface area contributed by atoms with Gasteiger partial charge in [-0.25, -0.2) is 29.1 Å². The molecule has 27 nitrogen and oxygen atoms in total. The molecule has 13 N–H and O–H groups in total. The zero-order valence-electron chi connectivity index (χ0n) is 31.9. The van der Waals surface area contributed by atoms with Gasteiger partial charge in [-0.05, 0) is 37.6 Å². The fraction of sp³-hybridized carbons (Fsp3) is 0.364. The fourth-order valence-electron chi connectivity index (χ4n) is 6.05. The highest BCUT2D eigenvalue weighted by Crippen LogP contribution is 2.46. The predicted molar refractivity (Wildman–Crippen MR) is 206 cm³/mol. The second-order valence-electron chi connectivity index (χ2n) is 13.5. The number of nitrogens with two attached hydrogens (primary N) is 2. The second kappa shape index (κ2) is 18.4. The first-order valence-electron chi connectivity index (χ1n) is 18.0. The van der Waals surface area contributed by atoms with Gasteiger partial charge >= 0.3 is 25.8 Å². The quantitative estimate of drug-likeness (QED) is 0.0339. The molecule has 29 heteroatoms. The van der Waals surface area contributed by atoms with E-state index in [9.17, 15) is 58.2 Å². The van der Waals surface area contributed by atoms with Crippen LogP contribution >= 0.6 is 7.82 Å². The molecule has 6 unspecified atom stereocenters. The van der Waals surface area contributed by atoms with Gasteiger partial charge in [0.1, 0.15) is 24.4 Å². The van der Waals surface area contributed by atoms with Gasteiger partial charge in [0.2, 0.25) is 11.9 Å². The van der Waals surface area contributed by atoms with Crippen LogP contribution in [0.5, 0.6) is 0 Å². The van der Waals surface area contributed by atoms with Crippen LogP contribution in [0, 0.1) is 6.08 Å². The van der Waals surface area contributed by atoms with Crippen molar-refractivity contribution in [1.82, 2.24) is 50.1 Å². The van der Waals surface area contributed by atoms with Gasteiger partial charge in [0, 0.05) is 17.7 Å². The molecule has 4 aromatic heterocycles. The Bertz CT molecular complexity index is 2620. The minimum absolute atomic E-state index is 0.0134. The van der Waals surface area contributed by atoms with E-state index in [1.165, 1.54) is 30.5 Å². The highest BCUT2D eigenvalue weighted by Gasteiger charge is 2.46. The number of carbonyl (C=O) groups excluding carboxylic acids is 2. The number of aliphatic hydroxyl groups is 2. The summed E-state index contributed by atoms with van der Waals surface area (Å²) in [6.45, 7) is 0.237. The standard InChI is InChI=1S/C33H37FN13O14P/c1-12(61-62(57,58)59-10-17-22(49)23(50)29(60-17)47-11-39-20-24(35)43-32(34)45-26(20)47)19(31(55)56)42-18(48)7-6-16(30(53)54)41-27(51)13-2-4-14(5-3-13)37-8-15-9-38-25-21(40-15)28(52)46-33(36)44-25/h2-5,9,11-12,16-17,19,22-23,29,37,49-50H,6-8,10H2,1H3,(H,41,51)(H,42,48)(H,53,54)(H,55,56)(H,57,58)(H2,35,43,45)(H3,36,38,44,46,52)/t12?,16?,17?,19?,22-,23+,29?/m0/s1. The van der Waals surface area contributed by atoms with Crippen LogP contribution in [-0.4, -0.2) is 132 Å². The number of carbonyl (C=O) groups is 4. The molecule has 0 bridgehead atoms. The Hall–Kier alpha value is -6.81. The fourth-order valence-corrected chi connectivity index (χ4v) is 6.99. The molecule has 330 valence electrons. The summed E-state index contributed by atoms with van der Waals surface area (Å²) in [5.41, 5.74) is 11.4. The normalized spacial score (nSPS) is 20.0. The molecule has 5 heterocycles. The number of fused-ring (bicyclic) bond motifs is 2. The van der Waals surface area contributed by atoms with Crippen LogP contribution in [0.1, 0.15) is 42.0 Å². The molecule has 0 radical (unpaired) electrons. The van der Waals surface area contributed by atoms with E-state index in [4.69, 9.17) is 25.3 Å². The smallest absolute Gasteiger partial charge is 0.472 e. The summed E-state index contributed by atoms with van der Waals surface area (Å²) < 4.78 is 43.1. The van der Waals surface area contributed by atoms with E-state index >= 15 is 0 Å². The number of nitrogens with zero attached hydrogens (tertiary/aromatic N) is 7. The van der Waals surface area contributed by atoms with E-state index in [0.29, 0.717) is 11.4 Å². The number of benzene rings is 1. The van der Waals surface area contributed by atoms with Crippen molar-refractivity contribution in [3.8, 4) is 0 Å². The summed E-state index contributed by atoms with van der Waals surface area (Å²) in [7, 11) is -5.18. The largest absolute Gasteiger partial charge is 0.480 e. The van der Waals surface area contributed by atoms with E-state index in [1.807, 2.05) is 0 Å². The van der Waals surface area contributed by atoms with Gasteiger partial charge in [0.05, 0.1) is 37.5 Å². The number of ether oxygens (including phenoxy) is 1. The number of hydrogen-bond donors (Lipinski definition) is 11. The lowest BCUT2D eigenvalue weighted by Crippen LogP contribution is -2.49. The van der Waals surface area contributed by atoms with Crippen LogP contribution in [0.4, 0.5) is 21.8 Å². The molecule has 0 saturated carbocycles. The van der Waals surface area contributed by atoms with Crippen LogP contribution in [0.15, 0.2) is 41.6 Å². The summed E-state index contributed by atoms with van der Waals surface area (Å²) >= 11 is 0. The SMILES string of the molecule is CC(OP(=O)(O)OCC1OC(n2cnc3c(N)nc(F)nc32)[C@H](O)[C@H]1O)C(NC(=O)CCC(NC(=O)c1ccc(NCc2cnc3nc(N)[nH]c(=O)c3n2)cc1)C(=O)O)C(=O)O. The predicted octanol–water partition coefficient (Wildman–Crippen LogP) is -1.86. The van der Waals surface area contributed by atoms with Gasteiger partial charge in [0.15, 0.2) is 40.4 Å². The number of nitrogens with one attached hydrogen (secondary N) is 4. The van der Waals surface area contributed by atoms with Crippen molar-refractivity contribution in [2.24, 2.45) is 0 Å². The van der Waals surface area contributed by atoms with Crippen molar-refractivity contribution < 1.29 is 67.2 Å². The van der Waals surface area contributed by atoms with Crippen LogP contribution in [-0.2, 0) is 39.3 Å². The number of rotatable bonds is 18. The van der Waals surface area contributed by atoms with E-state index in [1.54, 1.807) is 0 Å². The number of carboxylic acid groups (broad SMARTS) is 2. The Labute approximate surface area is 345 Å². The lowest BCUT2D eigenvalue weighted by molar-refractivity contribution is -0.145. The van der Waals surface area contributed by atoms with Crippen molar-refractivity contribution >= 4 is 71.4 Å². The van der Waals surface area contributed by atoms with Crippen LogP contribution < -0.4 is 33.0 Å². The molecule has 6 rings (SSSR count). The van der Waals surface area contributed by atoms with E-state index < -0.39 is 105 Å². The maximum absolute atomic E-state index is 13.8. The summed E-state index contributed by atoms with van der Waals surface area (Å²) in [6.07, 6.45) is -8.04. The number of anilines is 3. The number of hydrogen-bond acceptors (Lipinski definition) is 20. The van der Waals surface area contributed by atoms with Gasteiger partial charge < -0.3 is 57.5 Å². The number of carboxylic acids is 2. The molecule has 1 aliphatic rings. The minimum atomic E-state index is -5.18. The molecular formula is C33H37FN13O14P. The maximum atomic E-state index is 13.8. The summed E-state index contributed by atoms with van der Waals surface area (Å²) in [5, 5.41) is 48.0. The summed E-state index contributed by atoms with van der Waals surface area (Å²) in [4.78, 5) is 97.5. The molecule has 1 aromatic carbocycles. The number of nitrogen functional groups attached to an aromatic ring is 2. The number of imidazole rings is 1. The highest BCUT2D eigenvalue weighted by molar-refractivity contribution is 7.47. The minimum Gasteiger partial charge on any atom is -0.480 e. The van der Waals surface area contributed by atoms with E-state index in [-0.39, 0.29) is 46.2 Å². The molecule has 0 aliphatic carbocycles. The summed E-state index contributed by atoms with van der Waals surface area (Å²) in [5.74, 6) is -5.49. The van der Waals surface area contributed by atoms with Crippen molar-refractivity contribution in [3.05, 3.63) is 64.5 Å². The zero-order chi connectivity index (χ0) is 45.0. The number of phosphoric acid groups is 1. The van der Waals surface area contributed by atoms with Gasteiger partial charge in [0.25, 0.3) is 11.5 Å². The topological polar surface area (TPSA) is 417 Å². The van der Waals surface area contributed by atoms with Gasteiger partial charge in [-0.2, -0.15) is 19.3 Å². The van der Waals surface area contributed by atoms with Crippen LogP contribution in [0.2, 0.25) is 0 Å². The Morgan fingerprint density at radius 1 is 1.02 bits per heavy atom. The Kier molecular flexibility index (Phi) is 13.3. The first kappa shape index (κ1) is 44.7. The van der Waals surface area contributed by atoms with Crippen LogP contribution in [0.3, 0.4) is 0 Å².